The Morgan fingerprint density at radius 1 is 1.24 bits per heavy atom. The fourth-order valence-electron chi connectivity index (χ4n) is 2.47. The molecule has 0 aliphatic carbocycles. The zero-order chi connectivity index (χ0) is 20.9. The van der Waals surface area contributed by atoms with Crippen LogP contribution in [0, 0.1) is 6.92 Å². The molecule has 0 spiro atoms. The standard InChI is InChI=1S/C22H29N5O2/c1-4-14-29-19-9-7-6-8-18(19)16-26-22(23-5-2)24-13-12-21(28)27-20-11-10-17(3)15-25-20/h4,6-11,15H,1,5,12-14,16H2,2-3H3,(H2,23,24,26)(H,25,27,28). The van der Waals surface area contributed by atoms with Crippen LogP contribution >= 0.6 is 0 Å². The minimum atomic E-state index is -0.104. The van der Waals surface area contributed by atoms with Crippen molar-refractivity contribution < 1.29 is 9.53 Å². The van der Waals surface area contributed by atoms with Gasteiger partial charge in [0.2, 0.25) is 5.91 Å². The number of hydrogen-bond donors (Lipinski definition) is 3. The van der Waals surface area contributed by atoms with Gasteiger partial charge in [-0.3, -0.25) is 4.79 Å². The molecule has 2 aromatic rings. The van der Waals surface area contributed by atoms with Crippen LogP contribution in [0.2, 0.25) is 0 Å². The maximum absolute atomic E-state index is 12.1. The quantitative estimate of drug-likeness (QED) is 0.327. The van der Waals surface area contributed by atoms with Gasteiger partial charge < -0.3 is 20.7 Å². The van der Waals surface area contributed by atoms with Gasteiger partial charge in [-0.1, -0.05) is 36.9 Å². The maximum atomic E-state index is 12.1. The van der Waals surface area contributed by atoms with E-state index in [0.717, 1.165) is 23.4 Å². The number of guanidine groups is 1. The number of aliphatic imine (C=N–C) groups is 1. The number of nitrogens with zero attached hydrogens (tertiary/aromatic N) is 2. The molecule has 0 aliphatic heterocycles. The Balaban J connectivity index is 1.86. The molecular formula is C22H29N5O2. The highest BCUT2D eigenvalue weighted by molar-refractivity contribution is 5.90. The van der Waals surface area contributed by atoms with Gasteiger partial charge in [-0.05, 0) is 31.5 Å². The maximum Gasteiger partial charge on any atom is 0.227 e. The van der Waals surface area contributed by atoms with Gasteiger partial charge in [0.1, 0.15) is 18.2 Å². The summed E-state index contributed by atoms with van der Waals surface area (Å²) >= 11 is 0. The lowest BCUT2D eigenvalue weighted by atomic mass is 10.2. The molecule has 0 saturated heterocycles. The van der Waals surface area contributed by atoms with Crippen LogP contribution in [0.3, 0.4) is 0 Å². The molecule has 0 atom stereocenters. The van der Waals surface area contributed by atoms with E-state index in [1.54, 1.807) is 18.3 Å². The van der Waals surface area contributed by atoms with Gasteiger partial charge in [-0.15, -0.1) is 0 Å². The van der Waals surface area contributed by atoms with Crippen molar-refractivity contribution >= 4 is 17.7 Å². The Bertz CT molecular complexity index is 818. The predicted molar refractivity (Wildman–Crippen MR) is 117 cm³/mol. The van der Waals surface area contributed by atoms with Crippen molar-refractivity contribution in [2.45, 2.75) is 26.8 Å². The number of hydrogen-bond acceptors (Lipinski definition) is 4. The number of pyridine rings is 1. The second kappa shape index (κ2) is 12.2. The SMILES string of the molecule is C=CCOc1ccccc1CN=C(NCC)NCCC(=O)Nc1ccc(C)cn1. The Morgan fingerprint density at radius 2 is 2.07 bits per heavy atom. The molecule has 1 amide bonds. The first kappa shape index (κ1) is 21.9. The van der Waals surface area contributed by atoms with Gasteiger partial charge >= 0.3 is 0 Å². The Hall–Kier alpha value is -3.35. The monoisotopic (exact) mass is 395 g/mol. The average Bonchev–Trinajstić information content (AvgIpc) is 2.72. The molecule has 1 heterocycles. The van der Waals surface area contributed by atoms with Crippen LogP contribution in [0.5, 0.6) is 5.75 Å². The second-order valence-corrected chi connectivity index (χ2v) is 6.35. The van der Waals surface area contributed by atoms with Crippen molar-refractivity contribution in [1.29, 1.82) is 0 Å². The molecule has 1 aromatic carbocycles. The van der Waals surface area contributed by atoms with Gasteiger partial charge in [0, 0.05) is 31.3 Å². The Kier molecular flexibility index (Phi) is 9.21. The molecule has 0 aliphatic rings. The van der Waals surface area contributed by atoms with Gasteiger partial charge in [-0.2, -0.15) is 0 Å². The van der Waals surface area contributed by atoms with Crippen molar-refractivity contribution in [3.8, 4) is 5.75 Å². The van der Waals surface area contributed by atoms with Crippen molar-refractivity contribution in [3.63, 3.8) is 0 Å². The summed E-state index contributed by atoms with van der Waals surface area (Å²) in [5.41, 5.74) is 2.03. The second-order valence-electron chi connectivity index (χ2n) is 6.35. The highest BCUT2D eigenvalue weighted by Crippen LogP contribution is 2.18. The van der Waals surface area contributed by atoms with Crippen LogP contribution in [0.1, 0.15) is 24.5 Å². The van der Waals surface area contributed by atoms with Crippen molar-refractivity contribution in [2.24, 2.45) is 4.99 Å². The van der Waals surface area contributed by atoms with E-state index >= 15 is 0 Å². The molecule has 3 N–H and O–H groups in total. The van der Waals surface area contributed by atoms with Crippen LogP contribution in [0.25, 0.3) is 0 Å². The molecule has 0 saturated carbocycles. The van der Waals surface area contributed by atoms with Crippen molar-refractivity contribution in [3.05, 3.63) is 66.4 Å². The average molecular weight is 396 g/mol. The first-order chi connectivity index (χ1) is 14.1. The Morgan fingerprint density at radius 3 is 2.79 bits per heavy atom. The summed E-state index contributed by atoms with van der Waals surface area (Å²) in [5, 5.41) is 9.15. The van der Waals surface area contributed by atoms with E-state index in [1.165, 1.54) is 0 Å². The number of para-hydroxylation sites is 1. The molecule has 0 unspecified atom stereocenters. The van der Waals surface area contributed by atoms with Gasteiger partial charge in [-0.25, -0.2) is 9.98 Å². The van der Waals surface area contributed by atoms with E-state index in [9.17, 15) is 4.79 Å². The summed E-state index contributed by atoms with van der Waals surface area (Å²) in [7, 11) is 0. The lowest BCUT2D eigenvalue weighted by molar-refractivity contribution is -0.116. The van der Waals surface area contributed by atoms with Crippen LogP contribution < -0.4 is 20.7 Å². The Labute approximate surface area is 172 Å². The normalized spacial score (nSPS) is 10.9. The summed E-state index contributed by atoms with van der Waals surface area (Å²) in [4.78, 5) is 20.8. The summed E-state index contributed by atoms with van der Waals surface area (Å²) in [6.07, 6.45) is 3.74. The first-order valence-electron chi connectivity index (χ1n) is 9.68. The highest BCUT2D eigenvalue weighted by Gasteiger charge is 2.06. The van der Waals surface area contributed by atoms with Gasteiger partial charge in [0.05, 0.1) is 6.54 Å². The fourth-order valence-corrected chi connectivity index (χ4v) is 2.47. The van der Waals surface area contributed by atoms with E-state index in [4.69, 9.17) is 4.74 Å². The predicted octanol–water partition coefficient (Wildman–Crippen LogP) is 3.04. The third-order valence-electron chi connectivity index (χ3n) is 3.90. The van der Waals surface area contributed by atoms with Crippen molar-refractivity contribution in [1.82, 2.24) is 15.6 Å². The molecule has 0 bridgehead atoms. The summed E-state index contributed by atoms with van der Waals surface area (Å²) in [6, 6.07) is 11.5. The van der Waals surface area contributed by atoms with Gasteiger partial charge in [0.15, 0.2) is 5.96 Å². The lowest BCUT2D eigenvalue weighted by Crippen LogP contribution is -2.38. The third-order valence-corrected chi connectivity index (χ3v) is 3.90. The number of aromatic nitrogens is 1. The smallest absolute Gasteiger partial charge is 0.227 e. The van der Waals surface area contributed by atoms with E-state index in [1.807, 2.05) is 44.2 Å². The molecule has 0 radical (unpaired) electrons. The van der Waals surface area contributed by atoms with Crippen molar-refractivity contribution in [2.75, 3.05) is 25.0 Å². The number of rotatable bonds is 10. The topological polar surface area (TPSA) is 87.6 Å². The lowest BCUT2D eigenvalue weighted by Gasteiger charge is -2.12. The number of ether oxygens (including phenoxy) is 1. The molecule has 7 heteroatoms. The number of carbonyl (C=O) groups excluding carboxylic acids is 1. The number of aryl methyl sites for hydroxylation is 1. The highest BCUT2D eigenvalue weighted by atomic mass is 16.5. The minimum Gasteiger partial charge on any atom is -0.489 e. The van der Waals surface area contributed by atoms with E-state index in [-0.39, 0.29) is 5.91 Å². The largest absolute Gasteiger partial charge is 0.489 e. The molecular weight excluding hydrogens is 366 g/mol. The zero-order valence-electron chi connectivity index (χ0n) is 17.1. The third kappa shape index (κ3) is 8.04. The molecule has 1 aromatic heterocycles. The van der Waals surface area contributed by atoms with E-state index in [0.29, 0.717) is 37.9 Å². The van der Waals surface area contributed by atoms with Crippen LogP contribution in [-0.4, -0.2) is 36.5 Å². The molecule has 0 fully saturated rings. The number of amides is 1. The fraction of sp³-hybridized carbons (Fsp3) is 0.318. The van der Waals surface area contributed by atoms with Crippen LogP contribution in [0.15, 0.2) is 60.2 Å². The van der Waals surface area contributed by atoms with E-state index < -0.39 is 0 Å². The molecule has 7 nitrogen and oxygen atoms in total. The summed E-state index contributed by atoms with van der Waals surface area (Å²) in [5.74, 6) is 1.88. The molecule has 154 valence electrons. The number of nitrogens with one attached hydrogen (secondary N) is 3. The first-order valence-corrected chi connectivity index (χ1v) is 9.68. The van der Waals surface area contributed by atoms with Crippen LogP contribution in [0.4, 0.5) is 5.82 Å². The summed E-state index contributed by atoms with van der Waals surface area (Å²) in [6.45, 7) is 9.71. The van der Waals surface area contributed by atoms with Gasteiger partial charge in [0.25, 0.3) is 0 Å². The zero-order valence-corrected chi connectivity index (χ0v) is 17.1. The van der Waals surface area contributed by atoms with E-state index in [2.05, 4.69) is 32.5 Å². The number of carbonyl (C=O) groups is 1. The number of anilines is 1. The number of benzene rings is 1. The molecule has 2 rings (SSSR count). The molecule has 29 heavy (non-hydrogen) atoms. The van der Waals surface area contributed by atoms with Crippen LogP contribution in [-0.2, 0) is 11.3 Å². The summed E-state index contributed by atoms with van der Waals surface area (Å²) < 4.78 is 5.67. The minimum absolute atomic E-state index is 0.104.